The maximum Gasteiger partial charge on any atom is 0.343 e. The van der Waals surface area contributed by atoms with Gasteiger partial charge in [0.25, 0.3) is 17.4 Å². The lowest BCUT2D eigenvalue weighted by molar-refractivity contribution is -0.172. The summed E-state index contributed by atoms with van der Waals surface area (Å²) in [6.45, 7) is 0.933. The molecule has 1 unspecified atom stereocenters. The number of rotatable bonds is 22. The molecule has 77 heavy (non-hydrogen) atoms. The fraction of sp³-hybridized carbons (Fsp3) is 0.415. The van der Waals surface area contributed by atoms with Gasteiger partial charge in [-0.05, 0) is 72.9 Å². The van der Waals surface area contributed by atoms with Crippen LogP contribution in [0.25, 0.3) is 22.3 Å². The molecule has 7 N–H and O–H groups in total. The molecule has 0 bridgehead atoms. The SMILES string of the molecule is CC[C@@]1(O)C(=O)OCc2c1cc1n(c2=O)Cc2c-1nc1cc(F)c(C)c3c1c2C([Si])[C@@H](NC(=O)COCNC(=O)CNC(=O)[C@H](Cc1ccccc1)NC(=O)CNC(=O)CNC(=O)CCCCCN1C(=O)C=CC1=O)CC3. The average molecular weight is 1080 g/mol. The quantitative estimate of drug-likeness (QED) is 0.0156. The maximum absolute atomic E-state index is 15.6. The number of hydrogen-bond donors (Lipinski definition) is 7. The monoisotopic (exact) mass is 1070 g/mol. The Bertz CT molecular complexity index is 3150. The van der Waals surface area contributed by atoms with Crippen molar-refractivity contribution in [2.45, 2.75) is 102 Å². The standard InChI is InChI=1S/C53H57FN9O13Si/c1-3-53(74)33-19-38-48-31(24-63(38)51(72)32(33)25-76-52(53)73)47-46-30(28(2)34(54)20-36(46)61-48)13-14-35(49(47)77)59-43(68)26-75-27-58-41(66)22-57-50(71)37(18-29-10-6-4-7-11-29)60-42(67)23-56-40(65)21-55-39(64)12-8-5-9-17-62-44(69)15-16-45(62)70/h4,6-7,10-11,15-16,19-20,35,37,49,74H,3,5,8-9,12-14,17-18,21-27H2,1-2H3,(H,55,64)(H,56,65)(H,57,71)(H,58,66)(H,59,68)(H,60,67)/t35-,37-,49?,53-/m0/s1. The van der Waals surface area contributed by atoms with Crippen molar-refractivity contribution in [3.8, 4) is 11.4 Å². The summed E-state index contributed by atoms with van der Waals surface area (Å²) in [6.07, 6.45) is 4.78. The van der Waals surface area contributed by atoms with Crippen molar-refractivity contribution in [3.63, 3.8) is 0 Å². The van der Waals surface area contributed by atoms with Gasteiger partial charge >= 0.3 is 5.97 Å². The summed E-state index contributed by atoms with van der Waals surface area (Å²) in [4.78, 5) is 133. The van der Waals surface area contributed by atoms with Gasteiger partial charge in [0.1, 0.15) is 31.8 Å². The van der Waals surface area contributed by atoms with Crippen LogP contribution in [0.5, 0.6) is 0 Å². The maximum atomic E-state index is 15.6. The van der Waals surface area contributed by atoms with Crippen molar-refractivity contribution in [3.05, 3.63) is 110 Å². The molecule has 4 aromatic rings. The number of carbonyl (C=O) groups is 9. The van der Waals surface area contributed by atoms with E-state index in [9.17, 15) is 53.1 Å². The predicted molar refractivity (Wildman–Crippen MR) is 272 cm³/mol. The number of aliphatic hydroxyl groups is 1. The Balaban J connectivity index is 0.803. The highest BCUT2D eigenvalue weighted by atomic mass is 28.1. The van der Waals surface area contributed by atoms with Crippen molar-refractivity contribution < 1.29 is 62.1 Å². The van der Waals surface area contributed by atoms with E-state index in [2.05, 4.69) is 42.1 Å². The summed E-state index contributed by atoms with van der Waals surface area (Å²) in [5, 5.41) is 27.4. The van der Waals surface area contributed by atoms with E-state index in [0.29, 0.717) is 82.2 Å². The van der Waals surface area contributed by atoms with Gasteiger partial charge in [0, 0.05) is 70.4 Å². The van der Waals surface area contributed by atoms with E-state index < -0.39 is 109 Å². The molecular weight excluding hydrogens is 1020 g/mol. The lowest BCUT2D eigenvalue weighted by Crippen LogP contribution is -2.52. The third-order valence-electron chi connectivity index (χ3n) is 14.2. The van der Waals surface area contributed by atoms with E-state index in [0.717, 1.165) is 4.90 Å². The van der Waals surface area contributed by atoms with Crippen LogP contribution < -0.4 is 37.5 Å². The largest absolute Gasteiger partial charge is 0.458 e. The minimum Gasteiger partial charge on any atom is -0.458 e. The number of benzene rings is 2. The van der Waals surface area contributed by atoms with Crippen LogP contribution in [0.2, 0.25) is 0 Å². The Hall–Kier alpha value is -7.96. The number of pyridine rings is 2. The van der Waals surface area contributed by atoms with E-state index in [1.54, 1.807) is 50.2 Å². The number of aryl methyl sites for hydroxylation is 1. The van der Waals surface area contributed by atoms with Crippen molar-refractivity contribution in [1.82, 2.24) is 46.4 Å². The number of halogens is 1. The van der Waals surface area contributed by atoms with Crippen LogP contribution in [0.3, 0.4) is 0 Å². The molecule has 3 aliphatic heterocycles. The van der Waals surface area contributed by atoms with Gasteiger partial charge in [-0.15, -0.1) is 0 Å². The Kier molecular flexibility index (Phi) is 17.2. The third kappa shape index (κ3) is 12.2. The van der Waals surface area contributed by atoms with Crippen LogP contribution in [0.1, 0.15) is 89.9 Å². The highest BCUT2D eigenvalue weighted by molar-refractivity contribution is 6.16. The zero-order chi connectivity index (χ0) is 55.1. The van der Waals surface area contributed by atoms with Crippen LogP contribution in [0, 0.1) is 12.7 Å². The second kappa shape index (κ2) is 23.9. The van der Waals surface area contributed by atoms with E-state index >= 15 is 4.39 Å². The number of unbranched alkanes of at least 4 members (excludes halogenated alkanes) is 2. The van der Waals surface area contributed by atoms with Gasteiger partial charge in [-0.1, -0.05) is 43.7 Å². The van der Waals surface area contributed by atoms with Gasteiger partial charge in [0.2, 0.25) is 35.4 Å². The zero-order valence-electron chi connectivity index (χ0n) is 42.3. The number of ether oxygens (including phenoxy) is 2. The predicted octanol–water partition coefficient (Wildman–Crippen LogP) is -0.180. The molecule has 2 aromatic heterocycles. The Labute approximate surface area is 443 Å². The third-order valence-corrected chi connectivity index (χ3v) is 14.8. The summed E-state index contributed by atoms with van der Waals surface area (Å²) in [7, 11) is 3.92. The molecule has 2 aromatic carbocycles. The number of hydrogen-bond acceptors (Lipinski definition) is 14. The van der Waals surface area contributed by atoms with Gasteiger partial charge < -0.3 is 51.0 Å². The molecule has 3 radical (unpaired) electrons. The van der Waals surface area contributed by atoms with Crippen LogP contribution in [0.15, 0.2) is 59.4 Å². The number of aromatic nitrogens is 2. The number of amides is 8. The number of imide groups is 1. The highest BCUT2D eigenvalue weighted by Crippen LogP contribution is 2.45. The molecule has 4 atom stereocenters. The molecule has 5 heterocycles. The first kappa shape index (κ1) is 55.3. The summed E-state index contributed by atoms with van der Waals surface area (Å²) < 4.78 is 27.8. The first-order valence-electron chi connectivity index (χ1n) is 25.2. The molecule has 0 fully saturated rings. The van der Waals surface area contributed by atoms with E-state index in [1.807, 2.05) is 0 Å². The Morgan fingerprint density at radius 1 is 0.883 bits per heavy atom. The minimum absolute atomic E-state index is 0.0373. The topological polar surface area (TPSA) is 303 Å². The Morgan fingerprint density at radius 3 is 2.32 bits per heavy atom. The van der Waals surface area contributed by atoms with Gasteiger partial charge in [0.05, 0.1) is 48.6 Å². The van der Waals surface area contributed by atoms with Crippen LogP contribution >= 0.6 is 0 Å². The molecule has 4 aliphatic rings. The smallest absolute Gasteiger partial charge is 0.343 e. The molecule has 1 aliphatic carbocycles. The summed E-state index contributed by atoms with van der Waals surface area (Å²) in [5.41, 5.74) is 1.39. The molecular formula is C53H57FN9O13Si. The number of cyclic esters (lactones) is 1. The number of fused-ring (bicyclic) bond motifs is 5. The molecule has 22 nitrogen and oxygen atoms in total. The first-order valence-corrected chi connectivity index (χ1v) is 25.8. The van der Waals surface area contributed by atoms with Crippen molar-refractivity contribution in [2.75, 3.05) is 39.5 Å². The zero-order valence-corrected chi connectivity index (χ0v) is 43.3. The molecule has 0 spiro atoms. The van der Waals surface area contributed by atoms with Crippen LogP contribution in [0.4, 0.5) is 4.39 Å². The first-order chi connectivity index (χ1) is 36.9. The minimum atomic E-state index is -2.05. The van der Waals surface area contributed by atoms with E-state index in [4.69, 9.17) is 14.5 Å². The normalized spacial score (nSPS) is 18.4. The van der Waals surface area contributed by atoms with Gasteiger partial charge in [-0.25, -0.2) is 14.2 Å². The highest BCUT2D eigenvalue weighted by Gasteiger charge is 2.46. The number of nitrogens with one attached hydrogen (secondary N) is 6. The lowest BCUT2D eigenvalue weighted by atomic mass is 9.86. The van der Waals surface area contributed by atoms with Gasteiger partial charge in [0.15, 0.2) is 5.60 Å². The molecule has 0 saturated carbocycles. The molecule has 24 heteroatoms. The molecule has 8 amide bonds. The second-order valence-corrected chi connectivity index (χ2v) is 19.8. The molecule has 8 rings (SSSR count). The molecule has 0 saturated heterocycles. The van der Waals surface area contributed by atoms with Gasteiger partial charge in [-0.2, -0.15) is 0 Å². The number of carbonyl (C=O) groups excluding carboxylic acids is 9. The van der Waals surface area contributed by atoms with Crippen molar-refractivity contribution in [2.24, 2.45) is 0 Å². The molecule has 403 valence electrons. The lowest BCUT2D eigenvalue weighted by Gasteiger charge is -2.31. The summed E-state index contributed by atoms with van der Waals surface area (Å²) >= 11 is 0. The van der Waals surface area contributed by atoms with Gasteiger partial charge in [-0.3, -0.25) is 48.1 Å². The number of esters is 1. The van der Waals surface area contributed by atoms with Crippen molar-refractivity contribution >= 4 is 74.4 Å². The fourth-order valence-corrected chi connectivity index (χ4v) is 10.5. The van der Waals surface area contributed by atoms with Crippen LogP contribution in [-0.2, 0) is 84.2 Å². The second-order valence-electron chi connectivity index (χ2n) is 19.1. The summed E-state index contributed by atoms with van der Waals surface area (Å²) in [5.74, 6) is -5.78. The Morgan fingerprint density at radius 2 is 1.58 bits per heavy atom. The fourth-order valence-electron chi connectivity index (χ4n) is 9.98. The average Bonchev–Trinajstić information content (AvgIpc) is 3.91. The van der Waals surface area contributed by atoms with Crippen molar-refractivity contribution in [1.29, 1.82) is 0 Å². The number of nitrogens with zero attached hydrogens (tertiary/aromatic N) is 3. The van der Waals surface area contributed by atoms with E-state index in [1.165, 1.54) is 22.8 Å². The summed E-state index contributed by atoms with van der Waals surface area (Å²) in [6, 6.07) is 9.92. The van der Waals surface area contributed by atoms with Crippen LogP contribution in [-0.4, -0.2) is 135 Å². The van der Waals surface area contributed by atoms with E-state index in [-0.39, 0.29) is 61.9 Å².